The molecule has 34 heavy (non-hydrogen) atoms. The predicted octanol–water partition coefficient (Wildman–Crippen LogP) is 3.74. The molecular formula is C25H39BrN3O5+. The van der Waals surface area contributed by atoms with Crippen LogP contribution in [-0.4, -0.2) is 67.5 Å². The van der Waals surface area contributed by atoms with Crippen molar-refractivity contribution in [2.45, 2.75) is 66.2 Å². The van der Waals surface area contributed by atoms with Crippen molar-refractivity contribution in [1.29, 1.82) is 0 Å². The molecule has 0 radical (unpaired) electrons. The molecule has 0 atom stereocenters. The van der Waals surface area contributed by atoms with E-state index in [1.807, 2.05) is 32.9 Å². The van der Waals surface area contributed by atoms with Crippen LogP contribution >= 0.6 is 15.9 Å². The van der Waals surface area contributed by atoms with Gasteiger partial charge in [0, 0.05) is 37.8 Å². The normalized spacial score (nSPS) is 11.8. The number of aryl methyl sites for hydroxylation is 2. The second-order valence-corrected chi connectivity index (χ2v) is 10.0. The van der Waals surface area contributed by atoms with Gasteiger partial charge in [-0.25, -0.2) is 9.13 Å². The fourth-order valence-corrected chi connectivity index (χ4v) is 4.55. The summed E-state index contributed by atoms with van der Waals surface area (Å²) in [5.74, 6) is 0.693. The summed E-state index contributed by atoms with van der Waals surface area (Å²) < 4.78 is 21.1. The molecule has 1 amide bonds. The molecule has 0 aliphatic carbocycles. The van der Waals surface area contributed by atoms with Crippen molar-refractivity contribution >= 4 is 38.8 Å². The summed E-state index contributed by atoms with van der Waals surface area (Å²) in [5.41, 5.74) is 1.92. The lowest BCUT2D eigenvalue weighted by Gasteiger charge is -2.22. The summed E-state index contributed by atoms with van der Waals surface area (Å²) in [5, 5.41) is 0. The van der Waals surface area contributed by atoms with Crippen molar-refractivity contribution in [3.8, 4) is 0 Å². The molecule has 0 aliphatic rings. The van der Waals surface area contributed by atoms with Crippen LogP contribution in [0.4, 0.5) is 0 Å². The zero-order valence-electron chi connectivity index (χ0n) is 21.6. The van der Waals surface area contributed by atoms with Gasteiger partial charge in [0.25, 0.3) is 11.7 Å². The number of halogens is 1. The molecule has 0 aliphatic heterocycles. The Bertz CT molecular complexity index is 989. The van der Waals surface area contributed by atoms with Crippen molar-refractivity contribution in [2.75, 3.05) is 40.5 Å². The van der Waals surface area contributed by atoms with Gasteiger partial charge in [-0.1, -0.05) is 15.9 Å². The van der Waals surface area contributed by atoms with Crippen LogP contribution in [-0.2, 0) is 38.5 Å². The van der Waals surface area contributed by atoms with Crippen LogP contribution in [0, 0.1) is 0 Å². The Kier molecular flexibility index (Phi) is 10.5. The fourth-order valence-electron chi connectivity index (χ4n) is 4.11. The minimum Gasteiger partial charge on any atom is -0.460 e. The number of hydrogen-bond acceptors (Lipinski definition) is 5. The van der Waals surface area contributed by atoms with E-state index in [-0.39, 0.29) is 18.3 Å². The van der Waals surface area contributed by atoms with Gasteiger partial charge in [0.05, 0.1) is 44.7 Å². The van der Waals surface area contributed by atoms with E-state index >= 15 is 0 Å². The van der Waals surface area contributed by atoms with Gasteiger partial charge in [-0.15, -0.1) is 0 Å². The zero-order chi connectivity index (χ0) is 25.5. The highest BCUT2D eigenvalue weighted by atomic mass is 79.9. The van der Waals surface area contributed by atoms with Gasteiger partial charge in [0.1, 0.15) is 5.60 Å². The third-order valence-corrected chi connectivity index (χ3v) is 5.95. The molecule has 0 fully saturated rings. The summed E-state index contributed by atoms with van der Waals surface area (Å²) in [6.07, 6.45) is 0.791. The van der Waals surface area contributed by atoms with E-state index in [4.69, 9.17) is 14.2 Å². The molecule has 2 rings (SSSR count). The number of nitrogens with zero attached hydrogens (tertiary/aromatic N) is 3. The van der Waals surface area contributed by atoms with E-state index in [1.165, 1.54) is 0 Å². The Morgan fingerprint density at radius 2 is 1.71 bits per heavy atom. The van der Waals surface area contributed by atoms with Gasteiger partial charge in [0.15, 0.2) is 11.0 Å². The molecule has 1 aromatic carbocycles. The van der Waals surface area contributed by atoms with E-state index in [0.717, 1.165) is 21.3 Å². The maximum Gasteiger partial charge on any atom is 0.306 e. The standard InChI is InChI=1S/C25H39BrN3O5/c1-8-28-20-17-18(26)16-19(24(31)27(12-14-32-6)13-15-33-7)23(20)29(9-2)21(28)10-11-22(30)34-25(3,4)5/h16-17H,8-15H2,1-7H3/q+1. The number of imidazole rings is 1. The van der Waals surface area contributed by atoms with E-state index in [1.54, 1.807) is 19.1 Å². The predicted molar refractivity (Wildman–Crippen MR) is 135 cm³/mol. The van der Waals surface area contributed by atoms with E-state index in [9.17, 15) is 9.59 Å². The molecule has 0 N–H and O–H groups in total. The Morgan fingerprint density at radius 1 is 1.09 bits per heavy atom. The summed E-state index contributed by atoms with van der Waals surface area (Å²) >= 11 is 3.60. The average Bonchev–Trinajstić information content (AvgIpc) is 3.07. The first kappa shape index (κ1) is 28.3. The molecule has 0 saturated carbocycles. The van der Waals surface area contributed by atoms with Gasteiger partial charge in [0.2, 0.25) is 0 Å². The van der Waals surface area contributed by atoms with Gasteiger partial charge in [-0.2, -0.15) is 0 Å². The van der Waals surface area contributed by atoms with Crippen molar-refractivity contribution < 1.29 is 28.4 Å². The number of ether oxygens (including phenoxy) is 3. The molecule has 0 unspecified atom stereocenters. The first-order chi connectivity index (χ1) is 16.1. The first-order valence-corrected chi connectivity index (χ1v) is 12.6. The van der Waals surface area contributed by atoms with Crippen molar-refractivity contribution in [3.63, 3.8) is 0 Å². The van der Waals surface area contributed by atoms with E-state index in [2.05, 4.69) is 38.9 Å². The highest BCUT2D eigenvalue weighted by Gasteiger charge is 2.31. The second-order valence-electron chi connectivity index (χ2n) is 9.09. The lowest BCUT2D eigenvalue weighted by Crippen LogP contribution is -2.41. The van der Waals surface area contributed by atoms with Crippen LogP contribution in [0.2, 0.25) is 0 Å². The quantitative estimate of drug-likeness (QED) is 0.303. The minimum absolute atomic E-state index is 0.0745. The van der Waals surface area contributed by atoms with Crippen molar-refractivity contribution in [3.05, 3.63) is 28.0 Å². The third kappa shape index (κ3) is 7.02. The van der Waals surface area contributed by atoms with Crippen molar-refractivity contribution in [2.24, 2.45) is 0 Å². The average molecular weight is 542 g/mol. The largest absolute Gasteiger partial charge is 0.460 e. The number of amides is 1. The number of esters is 1. The maximum atomic E-state index is 13.7. The van der Waals surface area contributed by atoms with Crippen LogP contribution in [0.3, 0.4) is 0 Å². The number of rotatable bonds is 12. The summed E-state index contributed by atoms with van der Waals surface area (Å²) in [7, 11) is 3.25. The number of methoxy groups -OCH3 is 2. The van der Waals surface area contributed by atoms with Crippen LogP contribution in [0.1, 0.15) is 57.2 Å². The van der Waals surface area contributed by atoms with Crippen LogP contribution in [0.15, 0.2) is 16.6 Å². The van der Waals surface area contributed by atoms with Gasteiger partial charge in [-0.3, -0.25) is 9.59 Å². The number of hydrogen-bond donors (Lipinski definition) is 0. The topological polar surface area (TPSA) is 73.9 Å². The van der Waals surface area contributed by atoms with Gasteiger partial charge in [-0.05, 0) is 40.7 Å². The highest BCUT2D eigenvalue weighted by Crippen LogP contribution is 2.26. The van der Waals surface area contributed by atoms with Crippen molar-refractivity contribution in [1.82, 2.24) is 9.47 Å². The summed E-state index contributed by atoms with van der Waals surface area (Å²) in [6, 6.07) is 3.91. The lowest BCUT2D eigenvalue weighted by atomic mass is 10.1. The number of carbonyl (C=O) groups is 2. The highest BCUT2D eigenvalue weighted by molar-refractivity contribution is 9.10. The van der Waals surface area contributed by atoms with Gasteiger partial charge >= 0.3 is 5.97 Å². The molecule has 1 heterocycles. The Labute approximate surface area is 211 Å². The summed E-state index contributed by atoms with van der Waals surface area (Å²) in [6.45, 7) is 13.0. The third-order valence-electron chi connectivity index (χ3n) is 5.49. The Morgan fingerprint density at radius 3 is 2.21 bits per heavy atom. The fraction of sp³-hybridized carbons (Fsp3) is 0.640. The smallest absolute Gasteiger partial charge is 0.306 e. The summed E-state index contributed by atoms with van der Waals surface area (Å²) in [4.78, 5) is 27.9. The first-order valence-electron chi connectivity index (χ1n) is 11.8. The van der Waals surface area contributed by atoms with Crippen LogP contribution in [0.5, 0.6) is 0 Å². The van der Waals surface area contributed by atoms with Crippen LogP contribution < -0.4 is 4.57 Å². The molecule has 0 saturated heterocycles. The molecule has 9 heteroatoms. The monoisotopic (exact) mass is 540 g/mol. The molecule has 0 bridgehead atoms. The molecular weight excluding hydrogens is 502 g/mol. The number of benzene rings is 1. The molecule has 0 spiro atoms. The van der Waals surface area contributed by atoms with E-state index in [0.29, 0.717) is 51.4 Å². The number of fused-ring (bicyclic) bond motifs is 1. The second kappa shape index (κ2) is 12.7. The molecule has 8 nitrogen and oxygen atoms in total. The molecule has 190 valence electrons. The van der Waals surface area contributed by atoms with E-state index < -0.39 is 5.60 Å². The number of aromatic nitrogens is 2. The SMILES string of the molecule is CCn1c(CCC(=O)OC(C)(C)C)[n+](CC)c2c(C(=O)N(CCOC)CCOC)cc(Br)cc21. The number of carbonyl (C=O) groups excluding carboxylic acids is 2. The Balaban J connectivity index is 2.57. The maximum absolute atomic E-state index is 13.7. The zero-order valence-corrected chi connectivity index (χ0v) is 23.2. The minimum atomic E-state index is -0.520. The van der Waals surface area contributed by atoms with Crippen LogP contribution in [0.25, 0.3) is 11.0 Å². The Hall–Kier alpha value is -1.97. The molecule has 2 aromatic rings. The van der Waals surface area contributed by atoms with Gasteiger partial charge < -0.3 is 19.1 Å². The molecule has 1 aromatic heterocycles. The lowest BCUT2D eigenvalue weighted by molar-refractivity contribution is -0.676.